The van der Waals surface area contributed by atoms with Gasteiger partial charge in [-0.15, -0.1) is 0 Å². The molecule has 2 aromatic rings. The van der Waals surface area contributed by atoms with Gasteiger partial charge in [-0.3, -0.25) is 0 Å². The topological polar surface area (TPSA) is 21.3 Å². The Kier molecular flexibility index (Phi) is 5.19. The van der Waals surface area contributed by atoms with E-state index in [2.05, 4.69) is 50.4 Å². The molecule has 0 aliphatic carbocycles. The first-order valence-electron chi connectivity index (χ1n) is 7.27. The smallest absolute Gasteiger partial charge is 0.131 e. The van der Waals surface area contributed by atoms with Crippen molar-refractivity contribution in [2.24, 2.45) is 0 Å². The molecule has 0 saturated carbocycles. The van der Waals surface area contributed by atoms with Crippen molar-refractivity contribution in [2.45, 2.75) is 33.2 Å². The first-order chi connectivity index (χ1) is 9.70. The van der Waals surface area contributed by atoms with Gasteiger partial charge in [0.15, 0.2) is 0 Å². The highest BCUT2D eigenvalue weighted by Crippen LogP contribution is 2.27. The van der Waals surface area contributed by atoms with E-state index in [1.807, 2.05) is 24.3 Å². The van der Waals surface area contributed by atoms with Crippen LogP contribution in [0.1, 0.15) is 37.8 Å². The van der Waals surface area contributed by atoms with E-state index >= 15 is 0 Å². The Bertz CT molecular complexity index is 549. The van der Waals surface area contributed by atoms with Gasteiger partial charge in [-0.25, -0.2) is 0 Å². The molecule has 0 spiro atoms. The quantitative estimate of drug-likeness (QED) is 0.820. The van der Waals surface area contributed by atoms with Gasteiger partial charge in [0, 0.05) is 12.1 Å². The monoisotopic (exact) mass is 269 g/mol. The molecule has 0 radical (unpaired) electrons. The molecule has 0 saturated heterocycles. The second kappa shape index (κ2) is 7.11. The second-order valence-corrected chi connectivity index (χ2v) is 5.22. The third-order valence-corrected chi connectivity index (χ3v) is 3.29. The summed E-state index contributed by atoms with van der Waals surface area (Å²) in [6.07, 6.45) is 0. The number of rotatable bonds is 6. The fourth-order valence-electron chi connectivity index (χ4n) is 2.07. The Morgan fingerprint density at radius 2 is 1.85 bits per heavy atom. The van der Waals surface area contributed by atoms with E-state index in [0.29, 0.717) is 5.92 Å². The van der Waals surface area contributed by atoms with Crippen molar-refractivity contribution in [1.82, 2.24) is 5.32 Å². The molecule has 0 aliphatic heterocycles. The van der Waals surface area contributed by atoms with Gasteiger partial charge in [0.25, 0.3) is 0 Å². The predicted octanol–water partition coefficient (Wildman–Crippen LogP) is 4.71. The van der Waals surface area contributed by atoms with Crippen molar-refractivity contribution in [3.8, 4) is 11.5 Å². The summed E-state index contributed by atoms with van der Waals surface area (Å²) < 4.78 is 6.06. The van der Waals surface area contributed by atoms with E-state index in [9.17, 15) is 0 Å². The molecular formula is C18H23NO. The summed E-state index contributed by atoms with van der Waals surface area (Å²) in [6, 6.07) is 16.5. The number of benzene rings is 2. The first kappa shape index (κ1) is 14.6. The van der Waals surface area contributed by atoms with Crippen molar-refractivity contribution in [2.75, 3.05) is 6.54 Å². The van der Waals surface area contributed by atoms with Gasteiger partial charge in [0.2, 0.25) is 0 Å². The van der Waals surface area contributed by atoms with Crippen LogP contribution in [0.25, 0.3) is 0 Å². The molecule has 0 heterocycles. The molecular weight excluding hydrogens is 246 g/mol. The van der Waals surface area contributed by atoms with Crippen molar-refractivity contribution in [3.05, 3.63) is 59.7 Å². The minimum Gasteiger partial charge on any atom is -0.457 e. The minimum atomic E-state index is 0.510. The summed E-state index contributed by atoms with van der Waals surface area (Å²) in [5.74, 6) is 2.34. The third kappa shape index (κ3) is 3.84. The molecule has 106 valence electrons. The molecule has 1 N–H and O–H groups in total. The lowest BCUT2D eigenvalue weighted by Crippen LogP contribution is -2.12. The molecule has 2 rings (SSSR count). The SMILES string of the molecule is CCNCc1ccccc1Oc1cccc(C(C)C)c1. The van der Waals surface area contributed by atoms with E-state index in [-0.39, 0.29) is 0 Å². The van der Waals surface area contributed by atoms with Gasteiger partial charge in [-0.1, -0.05) is 51.1 Å². The fraction of sp³-hybridized carbons (Fsp3) is 0.333. The largest absolute Gasteiger partial charge is 0.457 e. The first-order valence-corrected chi connectivity index (χ1v) is 7.27. The van der Waals surface area contributed by atoms with Crippen LogP contribution in [0.2, 0.25) is 0 Å². The summed E-state index contributed by atoms with van der Waals surface area (Å²) in [6.45, 7) is 8.28. The average molecular weight is 269 g/mol. The lowest BCUT2D eigenvalue weighted by molar-refractivity contribution is 0.472. The van der Waals surface area contributed by atoms with Crippen LogP contribution in [0, 0.1) is 0 Å². The van der Waals surface area contributed by atoms with Crippen molar-refractivity contribution < 1.29 is 4.74 Å². The maximum Gasteiger partial charge on any atom is 0.131 e. The normalized spacial score (nSPS) is 10.8. The molecule has 2 aromatic carbocycles. The maximum atomic E-state index is 6.06. The van der Waals surface area contributed by atoms with Crippen LogP contribution >= 0.6 is 0 Å². The lowest BCUT2D eigenvalue weighted by Gasteiger charge is -2.13. The van der Waals surface area contributed by atoms with Gasteiger partial charge < -0.3 is 10.1 Å². The molecule has 20 heavy (non-hydrogen) atoms. The standard InChI is InChI=1S/C18H23NO/c1-4-19-13-16-8-5-6-11-18(16)20-17-10-7-9-15(12-17)14(2)3/h5-12,14,19H,4,13H2,1-3H3. The fourth-order valence-corrected chi connectivity index (χ4v) is 2.07. The van der Waals surface area contributed by atoms with Crippen LogP contribution < -0.4 is 10.1 Å². The molecule has 2 heteroatoms. The number of ether oxygens (including phenoxy) is 1. The second-order valence-electron chi connectivity index (χ2n) is 5.22. The molecule has 0 aliphatic rings. The Hall–Kier alpha value is -1.80. The zero-order chi connectivity index (χ0) is 14.4. The lowest BCUT2D eigenvalue weighted by atomic mass is 10.0. The van der Waals surface area contributed by atoms with Crippen LogP contribution in [-0.2, 0) is 6.54 Å². The predicted molar refractivity (Wildman–Crippen MR) is 84.4 cm³/mol. The molecule has 0 unspecified atom stereocenters. The van der Waals surface area contributed by atoms with Crippen LogP contribution in [0.15, 0.2) is 48.5 Å². The summed E-state index contributed by atoms with van der Waals surface area (Å²) in [5, 5.41) is 3.34. The van der Waals surface area contributed by atoms with Crippen molar-refractivity contribution in [1.29, 1.82) is 0 Å². The highest BCUT2D eigenvalue weighted by Gasteiger charge is 2.05. The molecule has 0 atom stereocenters. The van der Waals surface area contributed by atoms with E-state index in [1.165, 1.54) is 11.1 Å². The number of para-hydroxylation sites is 1. The zero-order valence-corrected chi connectivity index (χ0v) is 12.5. The van der Waals surface area contributed by atoms with Gasteiger partial charge in [0.05, 0.1) is 0 Å². The van der Waals surface area contributed by atoms with E-state index in [4.69, 9.17) is 4.74 Å². The van der Waals surface area contributed by atoms with Crippen molar-refractivity contribution in [3.63, 3.8) is 0 Å². The number of nitrogens with one attached hydrogen (secondary N) is 1. The molecule has 0 aromatic heterocycles. The van der Waals surface area contributed by atoms with Gasteiger partial charge in [0.1, 0.15) is 11.5 Å². The summed E-state index contributed by atoms with van der Waals surface area (Å²) >= 11 is 0. The van der Waals surface area contributed by atoms with Crippen LogP contribution in [0.5, 0.6) is 11.5 Å². The molecule has 0 amide bonds. The van der Waals surface area contributed by atoms with Crippen molar-refractivity contribution >= 4 is 0 Å². The zero-order valence-electron chi connectivity index (χ0n) is 12.5. The van der Waals surface area contributed by atoms with Gasteiger partial charge >= 0.3 is 0 Å². The summed E-state index contributed by atoms with van der Waals surface area (Å²) in [5.41, 5.74) is 2.48. The molecule has 2 nitrogen and oxygen atoms in total. The van der Waals surface area contributed by atoms with E-state index in [0.717, 1.165) is 24.6 Å². The minimum absolute atomic E-state index is 0.510. The number of hydrogen-bond acceptors (Lipinski definition) is 2. The molecule has 0 fully saturated rings. The highest BCUT2D eigenvalue weighted by atomic mass is 16.5. The average Bonchev–Trinajstić information content (AvgIpc) is 2.46. The highest BCUT2D eigenvalue weighted by molar-refractivity contribution is 5.39. The number of hydrogen-bond donors (Lipinski definition) is 1. The Morgan fingerprint density at radius 3 is 2.60 bits per heavy atom. The Morgan fingerprint density at radius 1 is 1.05 bits per heavy atom. The summed E-state index contributed by atoms with van der Waals surface area (Å²) in [4.78, 5) is 0. The third-order valence-electron chi connectivity index (χ3n) is 3.29. The Balaban J connectivity index is 2.19. The van der Waals surface area contributed by atoms with E-state index < -0.39 is 0 Å². The molecule has 0 bridgehead atoms. The van der Waals surface area contributed by atoms with E-state index in [1.54, 1.807) is 0 Å². The maximum absolute atomic E-state index is 6.06. The van der Waals surface area contributed by atoms with Crippen LogP contribution in [-0.4, -0.2) is 6.54 Å². The van der Waals surface area contributed by atoms with Crippen LogP contribution in [0.3, 0.4) is 0 Å². The van der Waals surface area contributed by atoms with Gasteiger partial charge in [-0.05, 0) is 36.2 Å². The van der Waals surface area contributed by atoms with Crippen LogP contribution in [0.4, 0.5) is 0 Å². The Labute approximate surface area is 121 Å². The summed E-state index contributed by atoms with van der Waals surface area (Å²) in [7, 11) is 0. The van der Waals surface area contributed by atoms with Gasteiger partial charge in [-0.2, -0.15) is 0 Å².